The van der Waals surface area contributed by atoms with Crippen molar-refractivity contribution in [2.75, 3.05) is 13.7 Å². The molecule has 2 aromatic carbocycles. The monoisotopic (exact) mass is 362 g/mol. The van der Waals surface area contributed by atoms with Crippen LogP contribution >= 0.6 is 0 Å². The van der Waals surface area contributed by atoms with Gasteiger partial charge in [0.15, 0.2) is 0 Å². The van der Waals surface area contributed by atoms with Crippen LogP contribution in [0.15, 0.2) is 66.7 Å². The zero-order valence-electron chi connectivity index (χ0n) is 14.7. The summed E-state index contributed by atoms with van der Waals surface area (Å²) in [6.45, 7) is 0.0972. The van der Waals surface area contributed by atoms with Crippen molar-refractivity contribution in [2.45, 2.75) is 6.10 Å². The number of nitrogens with zero attached hydrogens (tertiary/aromatic N) is 1. The van der Waals surface area contributed by atoms with Crippen molar-refractivity contribution in [1.29, 1.82) is 0 Å². The summed E-state index contributed by atoms with van der Waals surface area (Å²) in [5, 5.41) is 0.976. The first-order valence-corrected chi connectivity index (χ1v) is 8.54. The number of methoxy groups -OCH3 is 1. The van der Waals surface area contributed by atoms with Crippen LogP contribution in [0.2, 0.25) is 0 Å². The average Bonchev–Trinajstić information content (AvgIpc) is 3.21. The molecule has 2 heterocycles. The number of hydrogen-bond donors (Lipinski definition) is 1. The Morgan fingerprint density at radius 1 is 1.11 bits per heavy atom. The van der Waals surface area contributed by atoms with Gasteiger partial charge in [0.1, 0.15) is 24.2 Å². The molecule has 4 rings (SSSR count). The molecule has 1 aromatic heterocycles. The molecular weight excluding hydrogens is 344 g/mol. The summed E-state index contributed by atoms with van der Waals surface area (Å²) in [4.78, 5) is 22.1. The van der Waals surface area contributed by atoms with E-state index < -0.39 is 5.97 Å². The van der Waals surface area contributed by atoms with Crippen LogP contribution in [-0.2, 0) is 9.57 Å². The Morgan fingerprint density at radius 3 is 2.74 bits per heavy atom. The fraction of sp³-hybridized carbons (Fsp3) is 0.143. The third-order valence-electron chi connectivity index (χ3n) is 4.26. The van der Waals surface area contributed by atoms with Gasteiger partial charge in [0, 0.05) is 5.39 Å². The molecule has 0 bridgehead atoms. The van der Waals surface area contributed by atoms with Gasteiger partial charge in [0.05, 0.1) is 18.3 Å². The van der Waals surface area contributed by atoms with E-state index in [4.69, 9.17) is 14.3 Å². The highest BCUT2D eigenvalue weighted by atomic mass is 16.7. The van der Waals surface area contributed by atoms with Gasteiger partial charge < -0.3 is 9.47 Å². The maximum Gasteiger partial charge on any atom is 0.357 e. The van der Waals surface area contributed by atoms with E-state index in [9.17, 15) is 4.79 Å². The van der Waals surface area contributed by atoms with Crippen LogP contribution in [0.3, 0.4) is 0 Å². The molecule has 27 heavy (non-hydrogen) atoms. The van der Waals surface area contributed by atoms with Crippen LogP contribution in [0, 0.1) is 0 Å². The molecule has 136 valence electrons. The number of fused-ring (bicyclic) bond motifs is 1. The molecule has 0 saturated carbocycles. The minimum Gasteiger partial charge on any atom is -0.497 e. The van der Waals surface area contributed by atoms with Gasteiger partial charge in [-0.1, -0.05) is 24.3 Å². The van der Waals surface area contributed by atoms with Gasteiger partial charge in [0.2, 0.25) is 0 Å². The number of hydroxylamine groups is 1. The van der Waals surface area contributed by atoms with Gasteiger partial charge in [-0.25, -0.2) is 9.78 Å². The van der Waals surface area contributed by atoms with Gasteiger partial charge in [0.25, 0.3) is 0 Å². The number of nitrogens with one attached hydrogen (secondary N) is 1. The Hall–Kier alpha value is -3.38. The van der Waals surface area contributed by atoms with Crippen molar-refractivity contribution in [2.24, 2.45) is 0 Å². The maximum atomic E-state index is 12.3. The van der Waals surface area contributed by atoms with Crippen molar-refractivity contribution in [1.82, 2.24) is 10.5 Å². The maximum absolute atomic E-state index is 12.3. The lowest BCUT2D eigenvalue weighted by molar-refractivity contribution is -0.00383. The van der Waals surface area contributed by atoms with E-state index in [1.54, 1.807) is 13.2 Å². The van der Waals surface area contributed by atoms with Crippen LogP contribution in [0.25, 0.3) is 16.6 Å². The lowest BCUT2D eigenvalue weighted by Crippen LogP contribution is -2.20. The van der Waals surface area contributed by atoms with E-state index in [0.717, 1.165) is 27.9 Å². The van der Waals surface area contributed by atoms with Crippen molar-refractivity contribution < 1.29 is 19.1 Å². The first kappa shape index (κ1) is 17.1. The van der Waals surface area contributed by atoms with Crippen molar-refractivity contribution in [3.8, 4) is 5.75 Å². The highest BCUT2D eigenvalue weighted by molar-refractivity contribution is 5.91. The molecular formula is C21H18N2O4. The fourth-order valence-corrected chi connectivity index (χ4v) is 2.81. The molecule has 1 aliphatic heterocycles. The van der Waals surface area contributed by atoms with E-state index in [-0.39, 0.29) is 18.4 Å². The predicted molar refractivity (Wildman–Crippen MR) is 101 cm³/mol. The van der Waals surface area contributed by atoms with E-state index in [1.165, 1.54) is 0 Å². The van der Waals surface area contributed by atoms with Gasteiger partial charge in [-0.2, -0.15) is 0 Å². The molecule has 3 aromatic rings. The lowest BCUT2D eigenvalue weighted by atomic mass is 10.1. The number of benzene rings is 2. The van der Waals surface area contributed by atoms with Crippen LogP contribution in [0.5, 0.6) is 5.75 Å². The number of aromatic nitrogens is 1. The number of esters is 1. The van der Waals surface area contributed by atoms with Gasteiger partial charge in [-0.3, -0.25) is 10.3 Å². The second kappa shape index (κ2) is 7.47. The highest BCUT2D eigenvalue weighted by Crippen LogP contribution is 2.21. The van der Waals surface area contributed by atoms with Crippen LogP contribution in [-0.4, -0.2) is 30.8 Å². The van der Waals surface area contributed by atoms with Gasteiger partial charge in [-0.05, 0) is 48.0 Å². The fourth-order valence-electron chi connectivity index (χ4n) is 2.81. The molecule has 0 radical (unpaired) electrons. The summed E-state index contributed by atoms with van der Waals surface area (Å²) >= 11 is 0. The van der Waals surface area contributed by atoms with E-state index in [2.05, 4.69) is 10.5 Å². The molecule has 0 amide bonds. The number of carbonyl (C=O) groups is 1. The smallest absolute Gasteiger partial charge is 0.357 e. The van der Waals surface area contributed by atoms with E-state index >= 15 is 0 Å². The average molecular weight is 362 g/mol. The number of para-hydroxylation sites is 1. The normalized spacial score (nSPS) is 15.9. The molecule has 0 saturated heterocycles. The highest BCUT2D eigenvalue weighted by Gasteiger charge is 2.20. The predicted octanol–water partition coefficient (Wildman–Crippen LogP) is 3.34. The SMILES string of the molecule is COc1ccc(C2=C[C@@H](COC(=O)c3ccc4ccccc4n3)ON2)cc1. The van der Waals surface area contributed by atoms with Crippen LogP contribution < -0.4 is 10.2 Å². The molecule has 0 spiro atoms. The molecule has 0 fully saturated rings. The first-order valence-electron chi connectivity index (χ1n) is 8.54. The number of ether oxygens (including phenoxy) is 2. The van der Waals surface area contributed by atoms with E-state index in [0.29, 0.717) is 0 Å². The number of hydrogen-bond acceptors (Lipinski definition) is 6. The number of carbonyl (C=O) groups excluding carboxylic acids is 1. The van der Waals surface area contributed by atoms with Crippen molar-refractivity contribution >= 4 is 22.6 Å². The third kappa shape index (κ3) is 3.75. The van der Waals surface area contributed by atoms with Gasteiger partial charge in [-0.15, -0.1) is 0 Å². The molecule has 1 aliphatic rings. The number of rotatable bonds is 5. The zero-order chi connectivity index (χ0) is 18.6. The largest absolute Gasteiger partial charge is 0.497 e. The quantitative estimate of drug-likeness (QED) is 0.702. The summed E-state index contributed by atoms with van der Waals surface area (Å²) in [7, 11) is 1.62. The Balaban J connectivity index is 1.39. The molecule has 0 aliphatic carbocycles. The Kier molecular flexibility index (Phi) is 4.72. The third-order valence-corrected chi connectivity index (χ3v) is 4.26. The molecule has 1 atom stereocenters. The molecule has 1 N–H and O–H groups in total. The topological polar surface area (TPSA) is 69.7 Å². The minimum atomic E-state index is -0.476. The second-order valence-corrected chi connectivity index (χ2v) is 6.05. The summed E-state index contributed by atoms with van der Waals surface area (Å²) in [5.41, 5.74) is 5.68. The Labute approximate surface area is 156 Å². The van der Waals surface area contributed by atoms with Crippen molar-refractivity contribution in [3.05, 3.63) is 78.0 Å². The standard InChI is InChI=1S/C21H18N2O4/c1-25-16-9-6-15(7-10-16)20-12-17(27-23-20)13-26-21(24)19-11-8-14-4-2-3-5-18(14)22-19/h2-12,17,23H,13H2,1H3/t17-/m0/s1. The Bertz CT molecular complexity index is 998. The minimum absolute atomic E-state index is 0.0972. The zero-order valence-corrected chi connectivity index (χ0v) is 14.7. The summed E-state index contributed by atoms with van der Waals surface area (Å²) < 4.78 is 10.5. The first-order chi connectivity index (χ1) is 13.2. The molecule has 6 heteroatoms. The van der Waals surface area contributed by atoms with Crippen LogP contribution in [0.1, 0.15) is 16.1 Å². The summed E-state index contributed by atoms with van der Waals surface area (Å²) in [6, 6.07) is 18.7. The lowest BCUT2D eigenvalue weighted by Gasteiger charge is -2.09. The van der Waals surface area contributed by atoms with Crippen LogP contribution in [0.4, 0.5) is 0 Å². The Morgan fingerprint density at radius 2 is 1.93 bits per heavy atom. The molecule has 0 unspecified atom stereocenters. The summed E-state index contributed by atoms with van der Waals surface area (Å²) in [5.74, 6) is 0.308. The number of pyridine rings is 1. The van der Waals surface area contributed by atoms with Gasteiger partial charge >= 0.3 is 5.97 Å². The summed E-state index contributed by atoms with van der Waals surface area (Å²) in [6.07, 6.45) is 1.51. The van der Waals surface area contributed by atoms with E-state index in [1.807, 2.05) is 60.7 Å². The van der Waals surface area contributed by atoms with Crippen molar-refractivity contribution in [3.63, 3.8) is 0 Å². The molecule has 6 nitrogen and oxygen atoms in total. The second-order valence-electron chi connectivity index (χ2n) is 6.05.